The van der Waals surface area contributed by atoms with Gasteiger partial charge in [-0.2, -0.15) is 0 Å². The van der Waals surface area contributed by atoms with Crippen LogP contribution >= 0.6 is 0 Å². The van der Waals surface area contributed by atoms with Crippen molar-refractivity contribution in [2.45, 2.75) is 126 Å². The van der Waals surface area contributed by atoms with E-state index in [1.54, 1.807) is 0 Å². The summed E-state index contributed by atoms with van der Waals surface area (Å²) in [5, 5.41) is 0. The standard InChI is InChI=1S/C30H50O/c1-25(2)15-16-27(5)17-18-29(7)20(21(27)19-25)9-10-23-28(6)13-12-24(31)26(3,4)22(28)11-14-30(23,29)8/h20-23H,9-19H2,1-8H3. The van der Waals surface area contributed by atoms with Gasteiger partial charge in [-0.3, -0.25) is 4.79 Å². The maximum absolute atomic E-state index is 12.9. The Labute approximate surface area is 192 Å². The number of fused-ring (bicyclic) bond motifs is 7. The van der Waals surface area contributed by atoms with Crippen molar-refractivity contribution in [3.63, 3.8) is 0 Å². The third-order valence-electron chi connectivity index (χ3n) is 13.4. The molecular weight excluding hydrogens is 376 g/mol. The molecule has 0 N–H and O–H groups in total. The van der Waals surface area contributed by atoms with E-state index in [2.05, 4.69) is 55.4 Å². The first-order valence-electron chi connectivity index (χ1n) is 13.7. The molecule has 0 saturated heterocycles. The summed E-state index contributed by atoms with van der Waals surface area (Å²) in [5.41, 5.74) is 2.27. The van der Waals surface area contributed by atoms with Crippen LogP contribution in [-0.2, 0) is 4.79 Å². The molecule has 0 aromatic rings. The lowest BCUT2D eigenvalue weighted by atomic mass is 9.31. The minimum absolute atomic E-state index is 0.120. The van der Waals surface area contributed by atoms with Crippen molar-refractivity contribution in [1.29, 1.82) is 0 Å². The van der Waals surface area contributed by atoms with E-state index >= 15 is 0 Å². The predicted molar refractivity (Wildman–Crippen MR) is 130 cm³/mol. The summed E-state index contributed by atoms with van der Waals surface area (Å²) in [6, 6.07) is 0. The smallest absolute Gasteiger partial charge is 0.138 e. The van der Waals surface area contributed by atoms with Crippen molar-refractivity contribution in [2.75, 3.05) is 0 Å². The molecule has 31 heavy (non-hydrogen) atoms. The predicted octanol–water partition coefficient (Wildman–Crippen LogP) is 8.46. The quantitative estimate of drug-likeness (QED) is 0.379. The van der Waals surface area contributed by atoms with Crippen molar-refractivity contribution in [3.8, 4) is 0 Å². The first-order chi connectivity index (χ1) is 14.2. The number of ketones is 1. The second-order valence-corrected chi connectivity index (χ2v) is 15.4. The second kappa shape index (κ2) is 6.41. The first kappa shape index (κ1) is 22.5. The molecule has 0 amide bonds. The van der Waals surface area contributed by atoms with Crippen LogP contribution < -0.4 is 0 Å². The van der Waals surface area contributed by atoms with E-state index in [1.165, 1.54) is 57.8 Å². The molecular formula is C30H50O. The van der Waals surface area contributed by atoms with E-state index in [0.717, 1.165) is 30.6 Å². The van der Waals surface area contributed by atoms with Crippen molar-refractivity contribution < 1.29 is 4.79 Å². The Morgan fingerprint density at radius 2 is 1.32 bits per heavy atom. The third kappa shape index (κ3) is 2.76. The molecule has 0 radical (unpaired) electrons. The van der Waals surface area contributed by atoms with E-state index in [1.807, 2.05) is 0 Å². The molecule has 0 aromatic carbocycles. The summed E-state index contributed by atoms with van der Waals surface area (Å²) in [4.78, 5) is 12.9. The molecule has 5 saturated carbocycles. The number of rotatable bonds is 0. The lowest BCUT2D eigenvalue weighted by molar-refractivity contribution is -0.240. The maximum Gasteiger partial charge on any atom is 0.138 e. The van der Waals surface area contributed by atoms with Gasteiger partial charge in [-0.05, 0) is 115 Å². The van der Waals surface area contributed by atoms with E-state index in [0.29, 0.717) is 38.8 Å². The summed E-state index contributed by atoms with van der Waals surface area (Å²) < 4.78 is 0. The minimum atomic E-state index is -0.120. The fraction of sp³-hybridized carbons (Fsp3) is 0.967. The highest BCUT2D eigenvalue weighted by atomic mass is 16.1. The van der Waals surface area contributed by atoms with Gasteiger partial charge in [0.25, 0.3) is 0 Å². The Balaban J connectivity index is 1.53. The SMILES string of the molecule is CC1(C)CCC2(C)CCC3(C)C(CCC4C5(C)CCC(=O)C(C)(C)C5CCC43C)C2C1. The topological polar surface area (TPSA) is 17.1 Å². The van der Waals surface area contributed by atoms with E-state index in [4.69, 9.17) is 0 Å². The minimum Gasteiger partial charge on any atom is -0.299 e. The van der Waals surface area contributed by atoms with Gasteiger partial charge in [-0.1, -0.05) is 55.4 Å². The van der Waals surface area contributed by atoms with Gasteiger partial charge in [0.2, 0.25) is 0 Å². The molecule has 0 heterocycles. The van der Waals surface area contributed by atoms with Crippen LogP contribution in [0.4, 0.5) is 0 Å². The summed E-state index contributed by atoms with van der Waals surface area (Å²) in [5.74, 6) is 3.75. The van der Waals surface area contributed by atoms with Gasteiger partial charge in [0.15, 0.2) is 0 Å². The molecule has 0 bridgehead atoms. The van der Waals surface area contributed by atoms with Gasteiger partial charge < -0.3 is 0 Å². The monoisotopic (exact) mass is 426 g/mol. The molecule has 5 aliphatic carbocycles. The molecule has 5 rings (SSSR count). The van der Waals surface area contributed by atoms with Crippen LogP contribution in [0.25, 0.3) is 0 Å². The highest BCUT2D eigenvalue weighted by molar-refractivity contribution is 5.85. The number of carbonyl (C=O) groups is 1. The lowest BCUT2D eigenvalue weighted by Crippen LogP contribution is -2.66. The molecule has 8 unspecified atom stereocenters. The van der Waals surface area contributed by atoms with E-state index in [9.17, 15) is 4.79 Å². The molecule has 1 heteroatoms. The van der Waals surface area contributed by atoms with Crippen molar-refractivity contribution in [1.82, 2.24) is 0 Å². The molecule has 8 atom stereocenters. The Bertz CT molecular complexity index is 777. The Kier molecular flexibility index (Phi) is 4.65. The van der Waals surface area contributed by atoms with Crippen LogP contribution in [0, 0.1) is 56.2 Å². The van der Waals surface area contributed by atoms with Gasteiger partial charge in [-0.25, -0.2) is 0 Å². The Morgan fingerprint density at radius 3 is 2.03 bits per heavy atom. The van der Waals surface area contributed by atoms with Crippen LogP contribution in [0.3, 0.4) is 0 Å². The second-order valence-electron chi connectivity index (χ2n) is 15.4. The van der Waals surface area contributed by atoms with Gasteiger partial charge in [0, 0.05) is 11.8 Å². The zero-order valence-electron chi connectivity index (χ0n) is 22.0. The number of hydrogen-bond donors (Lipinski definition) is 0. The zero-order valence-corrected chi connectivity index (χ0v) is 22.0. The van der Waals surface area contributed by atoms with Crippen LogP contribution in [0.15, 0.2) is 0 Å². The molecule has 1 nitrogen and oxygen atoms in total. The molecule has 0 aromatic heterocycles. The van der Waals surface area contributed by atoms with Crippen LogP contribution in [0.1, 0.15) is 126 Å². The van der Waals surface area contributed by atoms with Crippen molar-refractivity contribution >= 4 is 5.78 Å². The summed E-state index contributed by atoms with van der Waals surface area (Å²) in [6.07, 6.45) is 14.7. The van der Waals surface area contributed by atoms with Crippen LogP contribution in [0.5, 0.6) is 0 Å². The summed E-state index contributed by atoms with van der Waals surface area (Å²) in [7, 11) is 0. The number of carbonyl (C=O) groups excluding carboxylic acids is 1. The largest absolute Gasteiger partial charge is 0.299 e. The fourth-order valence-corrected chi connectivity index (χ4v) is 11.1. The molecule has 0 spiro atoms. The summed E-state index contributed by atoms with van der Waals surface area (Å²) in [6.45, 7) is 20.4. The lowest BCUT2D eigenvalue weighted by Gasteiger charge is -2.73. The zero-order chi connectivity index (χ0) is 22.7. The maximum atomic E-state index is 12.9. The molecule has 5 fully saturated rings. The van der Waals surface area contributed by atoms with Crippen LogP contribution in [0.2, 0.25) is 0 Å². The third-order valence-corrected chi connectivity index (χ3v) is 13.4. The number of hydrogen-bond acceptors (Lipinski definition) is 1. The average Bonchev–Trinajstić information content (AvgIpc) is 2.67. The Hall–Kier alpha value is -0.330. The van der Waals surface area contributed by atoms with Crippen LogP contribution in [-0.4, -0.2) is 5.78 Å². The average molecular weight is 427 g/mol. The van der Waals surface area contributed by atoms with Gasteiger partial charge >= 0.3 is 0 Å². The van der Waals surface area contributed by atoms with Crippen molar-refractivity contribution in [3.05, 3.63) is 0 Å². The van der Waals surface area contributed by atoms with E-state index in [-0.39, 0.29) is 5.41 Å². The van der Waals surface area contributed by atoms with Gasteiger partial charge in [0.1, 0.15) is 5.78 Å². The highest BCUT2D eigenvalue weighted by Crippen LogP contribution is 2.76. The molecule has 0 aliphatic heterocycles. The van der Waals surface area contributed by atoms with E-state index < -0.39 is 0 Å². The Morgan fingerprint density at radius 1 is 0.645 bits per heavy atom. The number of Topliss-reactive ketones (excluding diaryl/α,β-unsaturated/α-hetero) is 1. The molecule has 176 valence electrons. The first-order valence-corrected chi connectivity index (χ1v) is 13.7. The fourth-order valence-electron chi connectivity index (χ4n) is 11.1. The highest BCUT2D eigenvalue weighted by Gasteiger charge is 2.69. The molecule has 5 aliphatic rings. The van der Waals surface area contributed by atoms with Gasteiger partial charge in [0.05, 0.1) is 0 Å². The normalized spacial score (nSPS) is 55.4. The van der Waals surface area contributed by atoms with Gasteiger partial charge in [-0.15, -0.1) is 0 Å². The van der Waals surface area contributed by atoms with Crippen molar-refractivity contribution in [2.24, 2.45) is 56.2 Å². The summed E-state index contributed by atoms with van der Waals surface area (Å²) >= 11 is 0.